The zero-order valence-corrected chi connectivity index (χ0v) is 15.1. The van der Waals surface area contributed by atoms with Crippen LogP contribution in [0.15, 0.2) is 0 Å². The molecule has 0 aliphatic heterocycles. The van der Waals surface area contributed by atoms with Crippen LogP contribution in [0.1, 0.15) is 124 Å². The molecular weight excluding hydrogens is 240 g/mol. The smallest absolute Gasteiger partial charge is 0.0300 e. The summed E-state index contributed by atoms with van der Waals surface area (Å²) >= 11 is 0. The first-order valence-electron chi connectivity index (χ1n) is 9.74. The number of unbranched alkanes of at least 4 members (excludes halogenated alkanes) is 8. The van der Waals surface area contributed by atoms with Crippen molar-refractivity contribution in [2.24, 2.45) is 5.41 Å². The third-order valence-corrected chi connectivity index (χ3v) is 5.12. The van der Waals surface area contributed by atoms with Crippen molar-refractivity contribution < 1.29 is 0 Å². The maximum absolute atomic E-state index is 2.42. The summed E-state index contributed by atoms with van der Waals surface area (Å²) in [5.41, 5.74) is 0.685. The van der Waals surface area contributed by atoms with E-state index in [4.69, 9.17) is 0 Å². The summed E-state index contributed by atoms with van der Waals surface area (Å²) in [6.07, 6.45) is 21.6. The average molecular weight is 283 g/mol. The molecule has 0 unspecified atom stereocenters. The van der Waals surface area contributed by atoms with Gasteiger partial charge in [0, 0.05) is 0 Å². The van der Waals surface area contributed by atoms with Gasteiger partial charge in [-0.15, -0.1) is 0 Å². The van der Waals surface area contributed by atoms with Crippen LogP contribution in [0.25, 0.3) is 0 Å². The van der Waals surface area contributed by atoms with Crippen molar-refractivity contribution in [1.82, 2.24) is 0 Å². The molecule has 0 N–H and O–H groups in total. The predicted octanol–water partition coefficient (Wildman–Crippen LogP) is 7.90. The van der Waals surface area contributed by atoms with Crippen molar-refractivity contribution in [2.75, 3.05) is 0 Å². The van der Waals surface area contributed by atoms with Gasteiger partial charge >= 0.3 is 0 Å². The van der Waals surface area contributed by atoms with Crippen LogP contribution in [-0.2, 0) is 0 Å². The van der Waals surface area contributed by atoms with Crippen LogP contribution >= 0.6 is 0 Å². The summed E-state index contributed by atoms with van der Waals surface area (Å²) in [7, 11) is 0. The average Bonchev–Trinajstić information content (AvgIpc) is 2.46. The van der Waals surface area contributed by atoms with Gasteiger partial charge in [-0.2, -0.15) is 0 Å². The van der Waals surface area contributed by atoms with E-state index >= 15 is 0 Å². The van der Waals surface area contributed by atoms with Crippen molar-refractivity contribution in [3.8, 4) is 0 Å². The summed E-state index contributed by atoms with van der Waals surface area (Å²) in [4.78, 5) is 0. The fourth-order valence-corrected chi connectivity index (χ4v) is 3.78. The number of hydrogen-bond acceptors (Lipinski definition) is 0. The van der Waals surface area contributed by atoms with Crippen molar-refractivity contribution in [3.63, 3.8) is 0 Å². The highest BCUT2D eigenvalue weighted by Gasteiger charge is 2.25. The molecule has 20 heavy (non-hydrogen) atoms. The lowest BCUT2D eigenvalue weighted by atomic mass is 9.73. The summed E-state index contributed by atoms with van der Waals surface area (Å²) < 4.78 is 0. The Morgan fingerprint density at radius 3 is 1.30 bits per heavy atom. The van der Waals surface area contributed by atoms with E-state index in [2.05, 4.69) is 27.7 Å². The molecule has 0 rings (SSSR count). The van der Waals surface area contributed by atoms with E-state index in [1.807, 2.05) is 0 Å². The summed E-state index contributed by atoms with van der Waals surface area (Å²) in [6, 6.07) is 0. The molecule has 0 aromatic heterocycles. The standard InChI is InChI=1S/C20H42/c1-5-9-10-11-12-13-14-15-16-19-20(8-4,17-6-2)18-7-3/h5-19H2,1-4H3. The molecule has 0 amide bonds. The molecule has 0 nitrogen and oxygen atoms in total. The van der Waals surface area contributed by atoms with Crippen molar-refractivity contribution in [2.45, 2.75) is 124 Å². The first-order valence-corrected chi connectivity index (χ1v) is 9.74. The van der Waals surface area contributed by atoms with Crippen LogP contribution in [0.5, 0.6) is 0 Å². The number of rotatable bonds is 15. The Bertz CT molecular complexity index is 176. The minimum absolute atomic E-state index is 0.685. The zero-order valence-electron chi connectivity index (χ0n) is 15.1. The molecule has 0 heteroatoms. The third kappa shape index (κ3) is 9.83. The minimum atomic E-state index is 0.685. The van der Waals surface area contributed by atoms with Crippen LogP contribution in [0, 0.1) is 5.41 Å². The van der Waals surface area contributed by atoms with E-state index in [1.54, 1.807) is 0 Å². The number of hydrogen-bond donors (Lipinski definition) is 0. The Balaban J connectivity index is 3.62. The van der Waals surface area contributed by atoms with E-state index in [0.29, 0.717) is 5.41 Å². The quantitative estimate of drug-likeness (QED) is 0.268. The van der Waals surface area contributed by atoms with Crippen LogP contribution in [0.3, 0.4) is 0 Å². The van der Waals surface area contributed by atoms with Crippen LogP contribution < -0.4 is 0 Å². The van der Waals surface area contributed by atoms with E-state index in [9.17, 15) is 0 Å². The second-order valence-corrected chi connectivity index (χ2v) is 6.93. The molecule has 0 saturated heterocycles. The first-order chi connectivity index (χ1) is 9.74. The SMILES string of the molecule is CCCCCCCCCCCC(CC)(CCC)CCC. The highest BCUT2D eigenvalue weighted by atomic mass is 14.3. The fourth-order valence-electron chi connectivity index (χ4n) is 3.78. The van der Waals surface area contributed by atoms with Crippen LogP contribution in [0.4, 0.5) is 0 Å². The van der Waals surface area contributed by atoms with E-state index in [-0.39, 0.29) is 0 Å². The lowest BCUT2D eigenvalue weighted by molar-refractivity contribution is 0.196. The molecule has 0 saturated carbocycles. The summed E-state index contributed by atoms with van der Waals surface area (Å²) in [5, 5.41) is 0. The Kier molecular flexibility index (Phi) is 14.0. The van der Waals surface area contributed by atoms with Crippen molar-refractivity contribution in [3.05, 3.63) is 0 Å². The molecule has 0 aromatic carbocycles. The van der Waals surface area contributed by atoms with Crippen LogP contribution in [0.2, 0.25) is 0 Å². The van der Waals surface area contributed by atoms with Crippen molar-refractivity contribution in [1.29, 1.82) is 0 Å². The molecule has 0 atom stereocenters. The van der Waals surface area contributed by atoms with Gasteiger partial charge < -0.3 is 0 Å². The van der Waals surface area contributed by atoms with Gasteiger partial charge in [0.15, 0.2) is 0 Å². The Morgan fingerprint density at radius 1 is 0.450 bits per heavy atom. The summed E-state index contributed by atoms with van der Waals surface area (Å²) in [6.45, 7) is 9.43. The molecule has 0 fully saturated rings. The molecule has 0 aliphatic carbocycles. The second kappa shape index (κ2) is 14.0. The fraction of sp³-hybridized carbons (Fsp3) is 1.00. The lowest BCUT2D eigenvalue weighted by Crippen LogP contribution is -2.19. The predicted molar refractivity (Wildman–Crippen MR) is 94.4 cm³/mol. The Hall–Kier alpha value is 0. The van der Waals surface area contributed by atoms with Gasteiger partial charge in [0.1, 0.15) is 0 Å². The molecular formula is C20H42. The van der Waals surface area contributed by atoms with Crippen LogP contribution in [-0.4, -0.2) is 0 Å². The first kappa shape index (κ1) is 20.0. The molecule has 0 bridgehead atoms. The molecule has 0 aliphatic rings. The lowest BCUT2D eigenvalue weighted by Gasteiger charge is -2.32. The summed E-state index contributed by atoms with van der Waals surface area (Å²) in [5.74, 6) is 0. The molecule has 122 valence electrons. The molecule has 0 spiro atoms. The second-order valence-electron chi connectivity index (χ2n) is 6.93. The third-order valence-electron chi connectivity index (χ3n) is 5.12. The molecule has 0 radical (unpaired) electrons. The minimum Gasteiger partial charge on any atom is -0.0654 e. The maximum atomic E-state index is 2.42. The highest BCUT2D eigenvalue weighted by Crippen LogP contribution is 2.38. The van der Waals surface area contributed by atoms with Gasteiger partial charge in [-0.05, 0) is 24.7 Å². The zero-order chi connectivity index (χ0) is 15.1. The van der Waals surface area contributed by atoms with Gasteiger partial charge in [0.25, 0.3) is 0 Å². The monoisotopic (exact) mass is 282 g/mol. The van der Waals surface area contributed by atoms with Gasteiger partial charge in [-0.1, -0.05) is 105 Å². The maximum Gasteiger partial charge on any atom is -0.0300 e. The topological polar surface area (TPSA) is 0 Å². The van der Waals surface area contributed by atoms with Gasteiger partial charge in [-0.3, -0.25) is 0 Å². The van der Waals surface area contributed by atoms with Crippen molar-refractivity contribution >= 4 is 0 Å². The Labute approximate surface area is 130 Å². The van der Waals surface area contributed by atoms with Gasteiger partial charge in [0.05, 0.1) is 0 Å². The highest BCUT2D eigenvalue weighted by molar-refractivity contribution is 4.77. The van der Waals surface area contributed by atoms with E-state index in [1.165, 1.54) is 96.3 Å². The van der Waals surface area contributed by atoms with E-state index < -0.39 is 0 Å². The van der Waals surface area contributed by atoms with E-state index in [0.717, 1.165) is 0 Å². The molecule has 0 aromatic rings. The van der Waals surface area contributed by atoms with Gasteiger partial charge in [0.2, 0.25) is 0 Å². The largest absolute Gasteiger partial charge is 0.0654 e. The van der Waals surface area contributed by atoms with Gasteiger partial charge in [-0.25, -0.2) is 0 Å². The molecule has 0 heterocycles. The normalized spacial score (nSPS) is 12.0. The Morgan fingerprint density at radius 2 is 0.900 bits per heavy atom.